The van der Waals surface area contributed by atoms with Crippen LogP contribution in [0.4, 0.5) is 0 Å². The molecule has 6 nitrogen and oxygen atoms in total. The summed E-state index contributed by atoms with van der Waals surface area (Å²) in [4.78, 5) is 23.3. The van der Waals surface area contributed by atoms with Crippen LogP contribution in [0.2, 0.25) is 0 Å². The van der Waals surface area contributed by atoms with Crippen molar-refractivity contribution in [3.63, 3.8) is 0 Å². The highest BCUT2D eigenvalue weighted by Crippen LogP contribution is 2.15. The van der Waals surface area contributed by atoms with Crippen molar-refractivity contribution >= 4 is 28.9 Å². The number of carbonyl (C=O) groups excluding carboxylic acids is 2. The quantitative estimate of drug-likeness (QED) is 0.415. The van der Waals surface area contributed by atoms with Crippen LogP contribution in [-0.4, -0.2) is 31.8 Å². The smallest absolute Gasteiger partial charge is 0.343 e. The van der Waals surface area contributed by atoms with Crippen molar-refractivity contribution < 1.29 is 19.1 Å². The number of ether oxygens (including phenoxy) is 2. The lowest BCUT2D eigenvalue weighted by Crippen LogP contribution is -2.17. The number of hydrogen-bond acceptors (Lipinski definition) is 5. The van der Waals surface area contributed by atoms with Crippen LogP contribution >= 0.6 is 0 Å². The van der Waals surface area contributed by atoms with E-state index < -0.39 is 5.97 Å². The van der Waals surface area contributed by atoms with Gasteiger partial charge in [0, 0.05) is 5.56 Å². The third-order valence-corrected chi connectivity index (χ3v) is 3.86. The van der Waals surface area contributed by atoms with Gasteiger partial charge in [-0.25, -0.2) is 10.2 Å². The molecule has 0 bridgehead atoms. The molecule has 3 aromatic rings. The number of nitrogens with zero attached hydrogens (tertiary/aromatic N) is 1. The maximum atomic E-state index is 12.2. The van der Waals surface area contributed by atoms with Crippen molar-refractivity contribution in [1.29, 1.82) is 0 Å². The maximum absolute atomic E-state index is 12.2. The topological polar surface area (TPSA) is 77.0 Å². The van der Waals surface area contributed by atoms with Gasteiger partial charge in [0.15, 0.2) is 6.61 Å². The first-order valence-corrected chi connectivity index (χ1v) is 8.27. The first-order chi connectivity index (χ1) is 13.2. The largest absolute Gasteiger partial charge is 0.482 e. The van der Waals surface area contributed by atoms with Gasteiger partial charge in [0.05, 0.1) is 13.3 Å². The number of fused-ring (bicyclic) bond motifs is 1. The number of rotatable bonds is 6. The van der Waals surface area contributed by atoms with Crippen LogP contribution in [0, 0.1) is 0 Å². The molecule has 3 aromatic carbocycles. The number of hydrogen-bond donors (Lipinski definition) is 1. The second-order valence-electron chi connectivity index (χ2n) is 5.69. The van der Waals surface area contributed by atoms with Crippen LogP contribution in [0.1, 0.15) is 15.9 Å². The maximum Gasteiger partial charge on any atom is 0.343 e. The van der Waals surface area contributed by atoms with Crippen LogP contribution in [-0.2, 0) is 9.53 Å². The third kappa shape index (κ3) is 4.92. The monoisotopic (exact) mass is 362 g/mol. The Balaban J connectivity index is 1.57. The van der Waals surface area contributed by atoms with Crippen molar-refractivity contribution in [1.82, 2.24) is 5.43 Å². The Morgan fingerprint density at radius 2 is 1.74 bits per heavy atom. The molecule has 0 unspecified atom stereocenters. The van der Waals surface area contributed by atoms with E-state index in [0.717, 1.165) is 16.3 Å². The molecule has 0 aliphatic heterocycles. The van der Waals surface area contributed by atoms with E-state index >= 15 is 0 Å². The van der Waals surface area contributed by atoms with E-state index in [1.807, 2.05) is 36.4 Å². The molecular formula is C21H18N2O4. The molecule has 0 spiro atoms. The molecule has 0 saturated carbocycles. The van der Waals surface area contributed by atoms with Crippen molar-refractivity contribution in [2.45, 2.75) is 0 Å². The normalized spacial score (nSPS) is 10.7. The molecular weight excluding hydrogens is 344 g/mol. The number of methoxy groups -OCH3 is 1. The van der Waals surface area contributed by atoms with E-state index in [1.165, 1.54) is 13.3 Å². The van der Waals surface area contributed by atoms with E-state index in [1.54, 1.807) is 30.3 Å². The number of nitrogens with one attached hydrogen (secondary N) is 1. The molecule has 1 amide bonds. The Labute approximate surface area is 156 Å². The summed E-state index contributed by atoms with van der Waals surface area (Å²) in [6.45, 7) is -0.147. The summed E-state index contributed by atoms with van der Waals surface area (Å²) in [6.07, 6.45) is 1.53. The van der Waals surface area contributed by atoms with Gasteiger partial charge in [0.25, 0.3) is 5.91 Å². The van der Waals surface area contributed by atoms with Crippen LogP contribution in [0.15, 0.2) is 71.8 Å². The van der Waals surface area contributed by atoms with Gasteiger partial charge in [-0.2, -0.15) is 5.10 Å². The van der Waals surface area contributed by atoms with E-state index in [2.05, 4.69) is 15.3 Å². The Kier molecular flexibility index (Phi) is 5.79. The highest BCUT2D eigenvalue weighted by Gasteiger charge is 2.05. The molecule has 3 rings (SSSR count). The fourth-order valence-electron chi connectivity index (χ4n) is 2.41. The highest BCUT2D eigenvalue weighted by molar-refractivity contribution is 5.98. The number of carbonyl (C=O) groups is 2. The number of amides is 1. The standard InChI is InChI=1S/C21H18N2O4/c1-26-20(24)14-27-19-10-6-15(7-11-19)13-22-23-21(25)18-9-8-16-4-2-3-5-17(16)12-18/h2-13H,14H2,1H3,(H,23,25)/b22-13-. The lowest BCUT2D eigenvalue weighted by atomic mass is 10.1. The predicted molar refractivity (Wildman–Crippen MR) is 103 cm³/mol. The van der Waals surface area contributed by atoms with Crippen LogP contribution in [0.5, 0.6) is 5.75 Å². The zero-order valence-corrected chi connectivity index (χ0v) is 14.7. The van der Waals surface area contributed by atoms with Gasteiger partial charge >= 0.3 is 5.97 Å². The summed E-state index contributed by atoms with van der Waals surface area (Å²) in [5.41, 5.74) is 3.83. The van der Waals surface area contributed by atoms with Gasteiger partial charge < -0.3 is 9.47 Å². The van der Waals surface area contributed by atoms with Gasteiger partial charge in [0.1, 0.15) is 5.75 Å². The third-order valence-electron chi connectivity index (χ3n) is 3.86. The summed E-state index contributed by atoms with van der Waals surface area (Å²) < 4.78 is 9.77. The number of esters is 1. The van der Waals surface area contributed by atoms with E-state index in [0.29, 0.717) is 11.3 Å². The lowest BCUT2D eigenvalue weighted by Gasteiger charge is -2.04. The Hall–Kier alpha value is -3.67. The lowest BCUT2D eigenvalue weighted by molar-refractivity contribution is -0.142. The first kappa shape index (κ1) is 18.1. The summed E-state index contributed by atoms with van der Waals surface area (Å²) >= 11 is 0. The van der Waals surface area contributed by atoms with Crippen molar-refractivity contribution in [3.8, 4) is 5.75 Å². The summed E-state index contributed by atoms with van der Waals surface area (Å²) in [6, 6.07) is 20.3. The van der Waals surface area contributed by atoms with Gasteiger partial charge in [-0.1, -0.05) is 30.3 Å². The summed E-state index contributed by atoms with van der Waals surface area (Å²) in [5, 5.41) is 6.05. The zero-order valence-electron chi connectivity index (χ0n) is 14.7. The molecule has 136 valence electrons. The summed E-state index contributed by atoms with van der Waals surface area (Å²) in [5.74, 6) is -0.190. The van der Waals surface area contributed by atoms with E-state index in [4.69, 9.17) is 4.74 Å². The second-order valence-corrected chi connectivity index (χ2v) is 5.69. The van der Waals surface area contributed by atoms with E-state index in [-0.39, 0.29) is 12.5 Å². The predicted octanol–water partition coefficient (Wildman–Crippen LogP) is 3.16. The highest BCUT2D eigenvalue weighted by atomic mass is 16.6. The molecule has 0 atom stereocenters. The molecule has 0 aliphatic rings. The molecule has 0 saturated heterocycles. The second kappa shape index (κ2) is 8.62. The van der Waals surface area contributed by atoms with Gasteiger partial charge in [-0.05, 0) is 52.7 Å². The van der Waals surface area contributed by atoms with Crippen LogP contribution < -0.4 is 10.2 Å². The molecule has 0 heterocycles. The molecule has 0 fully saturated rings. The van der Waals surface area contributed by atoms with Crippen molar-refractivity contribution in [2.24, 2.45) is 5.10 Å². The SMILES string of the molecule is COC(=O)COc1ccc(/C=N\NC(=O)c2ccc3ccccc3c2)cc1. The van der Waals surface area contributed by atoms with Crippen molar-refractivity contribution in [2.75, 3.05) is 13.7 Å². The van der Waals surface area contributed by atoms with E-state index in [9.17, 15) is 9.59 Å². The summed E-state index contributed by atoms with van der Waals surface area (Å²) in [7, 11) is 1.30. The van der Waals surface area contributed by atoms with Gasteiger partial charge in [-0.3, -0.25) is 4.79 Å². The first-order valence-electron chi connectivity index (χ1n) is 8.27. The fraction of sp³-hybridized carbons (Fsp3) is 0.0952. The Morgan fingerprint density at radius 1 is 1.00 bits per heavy atom. The number of benzene rings is 3. The number of hydrazone groups is 1. The average molecular weight is 362 g/mol. The Bertz CT molecular complexity index is 981. The minimum atomic E-state index is -0.447. The van der Waals surface area contributed by atoms with Gasteiger partial charge in [0.2, 0.25) is 0 Å². The molecule has 0 radical (unpaired) electrons. The molecule has 0 aromatic heterocycles. The zero-order chi connectivity index (χ0) is 19.1. The molecule has 27 heavy (non-hydrogen) atoms. The molecule has 6 heteroatoms. The minimum absolute atomic E-state index is 0.147. The average Bonchev–Trinajstić information content (AvgIpc) is 2.72. The van der Waals surface area contributed by atoms with Crippen LogP contribution in [0.25, 0.3) is 10.8 Å². The minimum Gasteiger partial charge on any atom is -0.482 e. The Morgan fingerprint density at radius 3 is 2.48 bits per heavy atom. The fourth-order valence-corrected chi connectivity index (χ4v) is 2.41. The van der Waals surface area contributed by atoms with Gasteiger partial charge in [-0.15, -0.1) is 0 Å². The van der Waals surface area contributed by atoms with Crippen molar-refractivity contribution in [3.05, 3.63) is 77.9 Å². The van der Waals surface area contributed by atoms with Crippen LogP contribution in [0.3, 0.4) is 0 Å². The molecule has 1 N–H and O–H groups in total. The molecule has 0 aliphatic carbocycles.